The lowest BCUT2D eigenvalue weighted by Gasteiger charge is -2.05. The predicted molar refractivity (Wildman–Crippen MR) is 60.2 cm³/mol. The third-order valence-corrected chi connectivity index (χ3v) is 2.08. The largest absolute Gasteiger partial charge is 0.460 e. The van der Waals surface area contributed by atoms with Crippen molar-refractivity contribution < 1.29 is 18.7 Å². The first-order chi connectivity index (χ1) is 8.25. The molecule has 0 fully saturated rings. The van der Waals surface area contributed by atoms with E-state index in [1.54, 1.807) is 0 Å². The fourth-order valence-corrected chi connectivity index (χ4v) is 1.16. The van der Waals surface area contributed by atoms with Gasteiger partial charge in [-0.25, -0.2) is 9.78 Å². The van der Waals surface area contributed by atoms with Crippen molar-refractivity contribution in [1.29, 1.82) is 0 Å². The van der Waals surface area contributed by atoms with Gasteiger partial charge in [-0.2, -0.15) is 4.39 Å². The summed E-state index contributed by atoms with van der Waals surface area (Å²) < 4.78 is 23.1. The Labute approximate surface area is 99.8 Å². The van der Waals surface area contributed by atoms with E-state index in [0.717, 1.165) is 12.8 Å². The van der Waals surface area contributed by atoms with Crippen molar-refractivity contribution in [2.24, 2.45) is 0 Å². The summed E-state index contributed by atoms with van der Waals surface area (Å²) >= 11 is 0. The third kappa shape index (κ3) is 4.91. The average molecular weight is 241 g/mol. The Kier molecular flexibility index (Phi) is 6.17. The minimum atomic E-state index is -0.815. The summed E-state index contributed by atoms with van der Waals surface area (Å²) in [7, 11) is 0. The van der Waals surface area contributed by atoms with Crippen LogP contribution < -0.4 is 0 Å². The van der Waals surface area contributed by atoms with Crippen molar-refractivity contribution in [3.63, 3.8) is 0 Å². The van der Waals surface area contributed by atoms with E-state index >= 15 is 0 Å². The second-order valence-corrected chi connectivity index (χ2v) is 3.44. The predicted octanol–water partition coefficient (Wildman–Crippen LogP) is 2.19. The second-order valence-electron chi connectivity index (χ2n) is 3.44. The molecule has 0 saturated carbocycles. The van der Waals surface area contributed by atoms with Gasteiger partial charge >= 0.3 is 5.97 Å². The molecule has 0 radical (unpaired) electrons. The highest BCUT2D eigenvalue weighted by atomic mass is 19.1. The van der Waals surface area contributed by atoms with Gasteiger partial charge in [0.15, 0.2) is 0 Å². The molecule has 0 saturated heterocycles. The first-order valence-electron chi connectivity index (χ1n) is 5.61. The highest BCUT2D eigenvalue weighted by Crippen LogP contribution is 2.04. The number of halogens is 1. The quantitative estimate of drug-likeness (QED) is 0.417. The minimum Gasteiger partial charge on any atom is -0.460 e. The molecule has 0 spiro atoms. The zero-order chi connectivity index (χ0) is 12.5. The molecule has 0 atom stereocenters. The van der Waals surface area contributed by atoms with Crippen molar-refractivity contribution in [3.05, 3.63) is 29.8 Å². The maximum absolute atomic E-state index is 13.1. The molecule has 1 aromatic heterocycles. The lowest BCUT2D eigenvalue weighted by molar-refractivity contribution is 0.0308. The van der Waals surface area contributed by atoms with Crippen LogP contribution in [0, 0.1) is 5.95 Å². The standard InChI is InChI=1S/C12H16FNO3/c1-2-3-7-16-8-9-17-12(15)10-5-4-6-14-11(10)13/h4-6H,2-3,7-9H2,1H3. The van der Waals surface area contributed by atoms with Gasteiger partial charge in [-0.1, -0.05) is 13.3 Å². The zero-order valence-electron chi connectivity index (χ0n) is 9.82. The monoisotopic (exact) mass is 241 g/mol. The molecule has 0 unspecified atom stereocenters. The molecule has 1 aromatic rings. The van der Waals surface area contributed by atoms with Crippen LogP contribution in [0.1, 0.15) is 30.1 Å². The molecule has 4 nitrogen and oxygen atoms in total. The third-order valence-electron chi connectivity index (χ3n) is 2.08. The highest BCUT2D eigenvalue weighted by molar-refractivity contribution is 5.89. The van der Waals surface area contributed by atoms with Gasteiger partial charge in [0, 0.05) is 12.8 Å². The van der Waals surface area contributed by atoms with Crippen LogP contribution in [-0.4, -0.2) is 30.8 Å². The molecule has 0 bridgehead atoms. The summed E-state index contributed by atoms with van der Waals surface area (Å²) in [6, 6.07) is 2.82. The van der Waals surface area contributed by atoms with Gasteiger partial charge in [0.1, 0.15) is 12.2 Å². The van der Waals surface area contributed by atoms with Crippen LogP contribution in [-0.2, 0) is 9.47 Å². The van der Waals surface area contributed by atoms with E-state index in [1.807, 2.05) is 0 Å². The van der Waals surface area contributed by atoms with Crippen molar-refractivity contribution in [1.82, 2.24) is 4.98 Å². The maximum atomic E-state index is 13.1. The Morgan fingerprint density at radius 1 is 1.41 bits per heavy atom. The first-order valence-corrected chi connectivity index (χ1v) is 5.61. The van der Waals surface area contributed by atoms with Gasteiger partial charge in [-0.05, 0) is 18.6 Å². The molecule has 1 rings (SSSR count). The molecular formula is C12H16FNO3. The average Bonchev–Trinajstić information content (AvgIpc) is 2.34. The molecular weight excluding hydrogens is 225 g/mol. The van der Waals surface area contributed by atoms with E-state index in [-0.39, 0.29) is 12.2 Å². The molecule has 94 valence electrons. The summed E-state index contributed by atoms with van der Waals surface area (Å²) in [6.07, 6.45) is 3.31. The highest BCUT2D eigenvalue weighted by Gasteiger charge is 2.12. The lowest BCUT2D eigenvalue weighted by Crippen LogP contribution is -2.13. The molecule has 0 amide bonds. The maximum Gasteiger partial charge on any atom is 0.342 e. The van der Waals surface area contributed by atoms with Crippen LogP contribution in [0.2, 0.25) is 0 Å². The topological polar surface area (TPSA) is 48.4 Å². The number of unbranched alkanes of at least 4 members (excludes halogenated alkanes) is 1. The molecule has 0 N–H and O–H groups in total. The number of nitrogens with zero attached hydrogens (tertiary/aromatic N) is 1. The Morgan fingerprint density at radius 3 is 2.94 bits per heavy atom. The van der Waals surface area contributed by atoms with Gasteiger partial charge in [-0.3, -0.25) is 0 Å². The fraction of sp³-hybridized carbons (Fsp3) is 0.500. The number of carbonyl (C=O) groups is 1. The van der Waals surface area contributed by atoms with Crippen LogP contribution in [0.3, 0.4) is 0 Å². The summed E-state index contributed by atoms with van der Waals surface area (Å²) in [5, 5.41) is 0. The van der Waals surface area contributed by atoms with E-state index in [2.05, 4.69) is 11.9 Å². The van der Waals surface area contributed by atoms with Crippen LogP contribution in [0.25, 0.3) is 0 Å². The van der Waals surface area contributed by atoms with Crippen LogP contribution in [0.5, 0.6) is 0 Å². The van der Waals surface area contributed by atoms with E-state index < -0.39 is 11.9 Å². The fourth-order valence-electron chi connectivity index (χ4n) is 1.16. The van der Waals surface area contributed by atoms with Crippen molar-refractivity contribution in [3.8, 4) is 0 Å². The van der Waals surface area contributed by atoms with Crippen molar-refractivity contribution >= 4 is 5.97 Å². The summed E-state index contributed by atoms with van der Waals surface area (Å²) in [5.41, 5.74) is -0.152. The summed E-state index contributed by atoms with van der Waals surface area (Å²) in [5.74, 6) is -1.53. The molecule has 17 heavy (non-hydrogen) atoms. The van der Waals surface area contributed by atoms with E-state index in [0.29, 0.717) is 13.2 Å². The second kappa shape index (κ2) is 7.73. The van der Waals surface area contributed by atoms with Gasteiger partial charge in [0.05, 0.1) is 6.61 Å². The Hall–Kier alpha value is -1.49. The smallest absolute Gasteiger partial charge is 0.342 e. The minimum absolute atomic E-state index is 0.122. The number of ether oxygens (including phenoxy) is 2. The lowest BCUT2D eigenvalue weighted by atomic mass is 10.3. The molecule has 0 aliphatic carbocycles. The number of esters is 1. The number of pyridine rings is 1. The number of hydrogen-bond donors (Lipinski definition) is 0. The van der Waals surface area contributed by atoms with E-state index in [9.17, 15) is 9.18 Å². The van der Waals surface area contributed by atoms with Gasteiger partial charge in [0.2, 0.25) is 5.95 Å². The van der Waals surface area contributed by atoms with Gasteiger partial charge < -0.3 is 9.47 Å². The summed E-state index contributed by atoms with van der Waals surface area (Å²) in [4.78, 5) is 14.8. The zero-order valence-corrected chi connectivity index (χ0v) is 9.82. The van der Waals surface area contributed by atoms with Crippen molar-refractivity contribution in [2.45, 2.75) is 19.8 Å². The molecule has 1 heterocycles. The van der Waals surface area contributed by atoms with E-state index in [4.69, 9.17) is 9.47 Å². The van der Waals surface area contributed by atoms with Gasteiger partial charge in [0.25, 0.3) is 0 Å². The Bertz CT molecular complexity index is 357. The molecule has 0 aliphatic heterocycles. The van der Waals surface area contributed by atoms with E-state index in [1.165, 1.54) is 18.3 Å². The summed E-state index contributed by atoms with van der Waals surface area (Å²) in [6.45, 7) is 3.16. The number of rotatable bonds is 7. The molecule has 5 heteroatoms. The van der Waals surface area contributed by atoms with Crippen LogP contribution in [0.4, 0.5) is 4.39 Å². The first kappa shape index (κ1) is 13.6. The van der Waals surface area contributed by atoms with Gasteiger partial charge in [-0.15, -0.1) is 0 Å². The van der Waals surface area contributed by atoms with Crippen LogP contribution >= 0.6 is 0 Å². The number of hydrogen-bond acceptors (Lipinski definition) is 4. The number of aromatic nitrogens is 1. The normalized spacial score (nSPS) is 10.2. The molecule has 0 aromatic carbocycles. The van der Waals surface area contributed by atoms with Crippen LogP contribution in [0.15, 0.2) is 18.3 Å². The Balaban J connectivity index is 2.24. The van der Waals surface area contributed by atoms with Crippen molar-refractivity contribution in [2.75, 3.05) is 19.8 Å². The Morgan fingerprint density at radius 2 is 2.24 bits per heavy atom. The SMILES string of the molecule is CCCCOCCOC(=O)c1cccnc1F. The molecule has 0 aliphatic rings. The number of carbonyl (C=O) groups excluding carboxylic acids is 1.